The van der Waals surface area contributed by atoms with Gasteiger partial charge >= 0.3 is 0 Å². The predicted octanol–water partition coefficient (Wildman–Crippen LogP) is 1.49. The van der Waals surface area contributed by atoms with Gasteiger partial charge in [0.2, 0.25) is 0 Å². The molecule has 78 valence electrons. The van der Waals surface area contributed by atoms with Gasteiger partial charge in [0.05, 0.1) is 0 Å². The number of rotatable bonds is 4. The van der Waals surface area contributed by atoms with E-state index in [2.05, 4.69) is 26.0 Å². The molecule has 0 unspecified atom stereocenters. The molecule has 14 heavy (non-hydrogen) atoms. The second kappa shape index (κ2) is 4.98. The number of benzene rings is 1. The molecule has 2 N–H and O–H groups in total. The molecule has 0 atom stereocenters. The SMILES string of the molecule is Cc1cccc(C)c1OCCN(C)N. The molecule has 3 nitrogen and oxygen atoms in total. The smallest absolute Gasteiger partial charge is 0.125 e. The number of nitrogens with zero attached hydrogens (tertiary/aromatic N) is 1. The molecule has 0 saturated carbocycles. The summed E-state index contributed by atoms with van der Waals surface area (Å²) in [7, 11) is 1.83. The van der Waals surface area contributed by atoms with E-state index in [-0.39, 0.29) is 0 Å². The summed E-state index contributed by atoms with van der Waals surface area (Å²) in [6, 6.07) is 6.13. The Morgan fingerprint density at radius 2 is 1.86 bits per heavy atom. The molecule has 0 radical (unpaired) electrons. The average molecular weight is 194 g/mol. The lowest BCUT2D eigenvalue weighted by Crippen LogP contribution is -2.30. The van der Waals surface area contributed by atoms with E-state index in [1.807, 2.05) is 13.1 Å². The van der Waals surface area contributed by atoms with Crippen LogP contribution in [0.5, 0.6) is 5.75 Å². The van der Waals surface area contributed by atoms with Crippen LogP contribution in [0.3, 0.4) is 0 Å². The van der Waals surface area contributed by atoms with Crippen molar-refractivity contribution in [2.24, 2.45) is 5.84 Å². The van der Waals surface area contributed by atoms with Gasteiger partial charge < -0.3 is 4.74 Å². The lowest BCUT2D eigenvalue weighted by molar-refractivity contribution is 0.239. The molecule has 0 fully saturated rings. The van der Waals surface area contributed by atoms with Gasteiger partial charge in [0, 0.05) is 13.6 Å². The summed E-state index contributed by atoms with van der Waals surface area (Å²) in [6.45, 7) is 5.45. The zero-order valence-electron chi connectivity index (χ0n) is 9.08. The third-order valence-corrected chi connectivity index (χ3v) is 2.10. The van der Waals surface area contributed by atoms with Crippen molar-refractivity contribution < 1.29 is 4.74 Å². The topological polar surface area (TPSA) is 38.5 Å². The lowest BCUT2D eigenvalue weighted by atomic mass is 10.1. The van der Waals surface area contributed by atoms with Gasteiger partial charge in [-0.25, -0.2) is 5.01 Å². The number of hydrogen-bond acceptors (Lipinski definition) is 3. The minimum atomic E-state index is 0.624. The summed E-state index contributed by atoms with van der Waals surface area (Å²) in [5.41, 5.74) is 2.34. The Bertz CT molecular complexity index is 277. The lowest BCUT2D eigenvalue weighted by Gasteiger charge is -2.14. The number of para-hydroxylation sites is 1. The van der Waals surface area contributed by atoms with Crippen LogP contribution >= 0.6 is 0 Å². The minimum absolute atomic E-state index is 0.624. The highest BCUT2D eigenvalue weighted by Gasteiger charge is 2.02. The summed E-state index contributed by atoms with van der Waals surface area (Å²) in [5, 5.41) is 1.62. The van der Waals surface area contributed by atoms with Gasteiger partial charge in [0.1, 0.15) is 12.4 Å². The average Bonchev–Trinajstić information content (AvgIpc) is 2.09. The van der Waals surface area contributed by atoms with E-state index in [4.69, 9.17) is 10.6 Å². The standard InChI is InChI=1S/C11H18N2O/c1-9-5-4-6-10(2)11(9)14-8-7-13(3)12/h4-6H,7-8,12H2,1-3H3. The van der Waals surface area contributed by atoms with Crippen molar-refractivity contribution in [3.8, 4) is 5.75 Å². The van der Waals surface area contributed by atoms with Crippen molar-refractivity contribution in [3.05, 3.63) is 29.3 Å². The van der Waals surface area contributed by atoms with Gasteiger partial charge in [-0.3, -0.25) is 5.84 Å². The number of hydrazine groups is 1. The van der Waals surface area contributed by atoms with Crippen LogP contribution in [0, 0.1) is 13.8 Å². The largest absolute Gasteiger partial charge is 0.492 e. The molecule has 0 amide bonds. The van der Waals surface area contributed by atoms with Gasteiger partial charge in [0.15, 0.2) is 0 Å². The van der Waals surface area contributed by atoms with E-state index < -0.39 is 0 Å². The van der Waals surface area contributed by atoms with Crippen LogP contribution in [0.4, 0.5) is 0 Å². The van der Waals surface area contributed by atoms with Crippen LogP contribution in [0.1, 0.15) is 11.1 Å². The van der Waals surface area contributed by atoms with Gasteiger partial charge in [-0.15, -0.1) is 0 Å². The monoisotopic (exact) mass is 194 g/mol. The Morgan fingerprint density at radius 1 is 1.29 bits per heavy atom. The Morgan fingerprint density at radius 3 is 2.36 bits per heavy atom. The quantitative estimate of drug-likeness (QED) is 0.583. The molecule has 0 aliphatic rings. The molecule has 0 heterocycles. The van der Waals surface area contributed by atoms with E-state index in [9.17, 15) is 0 Å². The highest BCUT2D eigenvalue weighted by molar-refractivity contribution is 5.39. The van der Waals surface area contributed by atoms with Gasteiger partial charge in [-0.1, -0.05) is 18.2 Å². The highest BCUT2D eigenvalue weighted by Crippen LogP contribution is 2.21. The maximum Gasteiger partial charge on any atom is 0.125 e. The van der Waals surface area contributed by atoms with E-state index in [1.165, 1.54) is 11.1 Å². The van der Waals surface area contributed by atoms with Crippen LogP contribution in [-0.2, 0) is 0 Å². The highest BCUT2D eigenvalue weighted by atomic mass is 16.5. The van der Waals surface area contributed by atoms with Crippen molar-refractivity contribution in [2.45, 2.75) is 13.8 Å². The second-order valence-electron chi connectivity index (χ2n) is 3.55. The van der Waals surface area contributed by atoms with Crippen molar-refractivity contribution >= 4 is 0 Å². The molecule has 1 rings (SSSR count). The molecule has 0 aromatic heterocycles. The Labute approximate surface area is 85.4 Å². The minimum Gasteiger partial charge on any atom is -0.492 e. The molecule has 0 aliphatic carbocycles. The second-order valence-corrected chi connectivity index (χ2v) is 3.55. The van der Waals surface area contributed by atoms with E-state index in [0.29, 0.717) is 6.61 Å². The number of nitrogens with two attached hydrogens (primary N) is 1. The van der Waals surface area contributed by atoms with E-state index >= 15 is 0 Å². The zero-order chi connectivity index (χ0) is 10.6. The van der Waals surface area contributed by atoms with Gasteiger partial charge in [-0.05, 0) is 25.0 Å². The number of hydrogen-bond donors (Lipinski definition) is 1. The third-order valence-electron chi connectivity index (χ3n) is 2.10. The molecule has 0 saturated heterocycles. The van der Waals surface area contributed by atoms with Crippen LogP contribution in [0.2, 0.25) is 0 Å². The first-order chi connectivity index (χ1) is 6.61. The van der Waals surface area contributed by atoms with Gasteiger partial charge in [-0.2, -0.15) is 0 Å². The zero-order valence-corrected chi connectivity index (χ0v) is 9.08. The van der Waals surface area contributed by atoms with Crippen LogP contribution in [0.15, 0.2) is 18.2 Å². The molecular weight excluding hydrogens is 176 g/mol. The van der Waals surface area contributed by atoms with Gasteiger partial charge in [0.25, 0.3) is 0 Å². The van der Waals surface area contributed by atoms with E-state index in [1.54, 1.807) is 5.01 Å². The first-order valence-corrected chi connectivity index (χ1v) is 4.76. The Balaban J connectivity index is 2.58. The summed E-state index contributed by atoms with van der Waals surface area (Å²) < 4.78 is 5.66. The van der Waals surface area contributed by atoms with Crippen molar-refractivity contribution in [2.75, 3.05) is 20.2 Å². The first-order valence-electron chi connectivity index (χ1n) is 4.76. The Hall–Kier alpha value is -1.06. The number of aryl methyl sites for hydroxylation is 2. The molecule has 0 bridgehead atoms. The summed E-state index contributed by atoms with van der Waals surface area (Å²) in [6.07, 6.45) is 0. The maximum atomic E-state index is 5.66. The van der Waals surface area contributed by atoms with Crippen molar-refractivity contribution in [1.29, 1.82) is 0 Å². The fraction of sp³-hybridized carbons (Fsp3) is 0.455. The maximum absolute atomic E-state index is 5.66. The van der Waals surface area contributed by atoms with Crippen molar-refractivity contribution in [3.63, 3.8) is 0 Å². The van der Waals surface area contributed by atoms with E-state index in [0.717, 1.165) is 12.3 Å². The molecule has 0 aliphatic heterocycles. The number of ether oxygens (including phenoxy) is 1. The summed E-state index contributed by atoms with van der Waals surface area (Å²) in [5.74, 6) is 6.47. The first kappa shape index (κ1) is 11.0. The Kier molecular flexibility index (Phi) is 3.92. The van der Waals surface area contributed by atoms with Crippen LogP contribution < -0.4 is 10.6 Å². The molecule has 3 heteroatoms. The molecule has 1 aromatic carbocycles. The molecular formula is C11H18N2O. The van der Waals surface area contributed by atoms with Crippen molar-refractivity contribution in [1.82, 2.24) is 5.01 Å². The summed E-state index contributed by atoms with van der Waals surface area (Å²) >= 11 is 0. The fourth-order valence-corrected chi connectivity index (χ4v) is 1.32. The fourth-order valence-electron chi connectivity index (χ4n) is 1.32. The van der Waals surface area contributed by atoms with Crippen LogP contribution in [-0.4, -0.2) is 25.2 Å². The molecule has 1 aromatic rings. The molecule has 0 spiro atoms. The normalized spacial score (nSPS) is 10.6. The predicted molar refractivity (Wildman–Crippen MR) is 58.2 cm³/mol. The third kappa shape index (κ3) is 3.01. The summed E-state index contributed by atoms with van der Waals surface area (Å²) in [4.78, 5) is 0. The number of likely N-dealkylation sites (N-methyl/N-ethyl adjacent to an activating group) is 1. The van der Waals surface area contributed by atoms with Crippen LogP contribution in [0.25, 0.3) is 0 Å².